The molecule has 1 aromatic heterocycles. The van der Waals surface area contributed by atoms with Crippen LogP contribution in [0.1, 0.15) is 27.7 Å². The van der Waals surface area contributed by atoms with Crippen molar-refractivity contribution in [3.05, 3.63) is 36.0 Å². The van der Waals surface area contributed by atoms with Gasteiger partial charge in [-0.1, -0.05) is 0 Å². The summed E-state index contributed by atoms with van der Waals surface area (Å²) in [4.78, 5) is 11.2. The Labute approximate surface area is 135 Å². The first-order chi connectivity index (χ1) is 10.1. The van der Waals surface area contributed by atoms with E-state index in [-0.39, 0.29) is 6.54 Å². The Morgan fingerprint density at radius 1 is 1.41 bits per heavy atom. The number of ether oxygens (including phenoxy) is 1. The van der Waals surface area contributed by atoms with Crippen molar-refractivity contribution in [3.63, 3.8) is 0 Å². The van der Waals surface area contributed by atoms with Crippen LogP contribution < -0.4 is 5.73 Å². The highest BCUT2D eigenvalue weighted by molar-refractivity contribution is 8.03. The molecule has 22 heavy (non-hydrogen) atoms. The van der Waals surface area contributed by atoms with Crippen LogP contribution in [-0.2, 0) is 16.1 Å². The average molecular weight is 324 g/mol. The number of esters is 1. The number of nitrogens with two attached hydrogens (primary N) is 1. The lowest BCUT2D eigenvalue weighted by atomic mass is 9.84. The molecule has 1 aliphatic rings. The Balaban J connectivity index is 2.21. The van der Waals surface area contributed by atoms with E-state index in [4.69, 9.17) is 10.5 Å². The van der Waals surface area contributed by atoms with Crippen LogP contribution in [-0.4, -0.2) is 31.7 Å². The largest absolute Gasteiger partial charge is 0.460 e. The molecule has 122 valence electrons. The fourth-order valence-electron chi connectivity index (χ4n) is 2.46. The van der Waals surface area contributed by atoms with Gasteiger partial charge in [-0.05, 0) is 51.3 Å². The summed E-state index contributed by atoms with van der Waals surface area (Å²) in [6.45, 7) is 7.43. The van der Waals surface area contributed by atoms with Gasteiger partial charge in [-0.2, -0.15) is 0 Å². The van der Waals surface area contributed by atoms with E-state index in [1.165, 1.54) is 11.8 Å². The SMILES string of the molecule is CC(C(=O)OC(C)(C)C)C1(N)SC=CC1(O)Cn1cccc1. The molecular formula is C16H24N2O3S. The van der Waals surface area contributed by atoms with Crippen molar-refractivity contribution < 1.29 is 14.6 Å². The molecule has 3 N–H and O–H groups in total. The minimum Gasteiger partial charge on any atom is -0.460 e. The number of carbonyl (C=O) groups excluding carboxylic acids is 1. The first kappa shape index (κ1) is 17.1. The third-order valence-corrected chi connectivity index (χ3v) is 5.15. The van der Waals surface area contributed by atoms with Gasteiger partial charge in [0.05, 0.1) is 12.5 Å². The maximum absolute atomic E-state index is 12.4. The van der Waals surface area contributed by atoms with Crippen molar-refractivity contribution in [1.82, 2.24) is 4.57 Å². The van der Waals surface area contributed by atoms with E-state index in [1.54, 1.807) is 18.4 Å². The van der Waals surface area contributed by atoms with E-state index in [2.05, 4.69) is 0 Å². The minimum absolute atomic E-state index is 0.285. The summed E-state index contributed by atoms with van der Waals surface area (Å²) in [7, 11) is 0. The first-order valence-corrected chi connectivity index (χ1v) is 8.16. The molecule has 0 aliphatic carbocycles. The Morgan fingerprint density at radius 3 is 2.55 bits per heavy atom. The molecule has 0 saturated carbocycles. The number of thioether (sulfide) groups is 1. The summed E-state index contributed by atoms with van der Waals surface area (Å²) in [5.74, 6) is -1.07. The molecule has 5 nitrogen and oxygen atoms in total. The number of carbonyl (C=O) groups is 1. The van der Waals surface area contributed by atoms with E-state index < -0.39 is 28.0 Å². The lowest BCUT2D eigenvalue weighted by Crippen LogP contribution is -2.62. The zero-order valence-corrected chi connectivity index (χ0v) is 14.3. The number of nitrogens with zero attached hydrogens (tertiary/aromatic N) is 1. The minimum atomic E-state index is -1.33. The molecule has 0 aromatic carbocycles. The van der Waals surface area contributed by atoms with E-state index in [0.29, 0.717) is 0 Å². The molecule has 0 bridgehead atoms. The number of aromatic nitrogens is 1. The number of rotatable bonds is 4. The predicted molar refractivity (Wildman–Crippen MR) is 88.0 cm³/mol. The number of aliphatic hydroxyl groups is 1. The summed E-state index contributed by atoms with van der Waals surface area (Å²) in [5.41, 5.74) is 4.54. The topological polar surface area (TPSA) is 77.5 Å². The van der Waals surface area contributed by atoms with Crippen LogP contribution in [0.25, 0.3) is 0 Å². The standard InChI is InChI=1S/C16H24N2O3S/c1-12(13(19)21-14(2,3)4)16(17)15(20,7-10-22-16)11-18-8-5-6-9-18/h5-10,12,20H,11,17H2,1-4H3. The first-order valence-electron chi connectivity index (χ1n) is 7.28. The second kappa shape index (κ2) is 5.76. The van der Waals surface area contributed by atoms with Gasteiger partial charge in [-0.3, -0.25) is 4.79 Å². The maximum atomic E-state index is 12.4. The zero-order chi connectivity index (χ0) is 16.6. The van der Waals surface area contributed by atoms with Crippen molar-refractivity contribution in [2.45, 2.75) is 50.3 Å². The highest BCUT2D eigenvalue weighted by Gasteiger charge is 2.56. The Morgan fingerprint density at radius 2 is 2.00 bits per heavy atom. The van der Waals surface area contributed by atoms with Crippen LogP contribution >= 0.6 is 11.8 Å². The normalized spacial score (nSPS) is 29.5. The molecule has 0 saturated heterocycles. The molecule has 0 spiro atoms. The summed E-state index contributed by atoms with van der Waals surface area (Å²) >= 11 is 1.27. The van der Waals surface area contributed by atoms with Gasteiger partial charge < -0.3 is 20.1 Å². The molecule has 1 aliphatic heterocycles. The third-order valence-electron chi connectivity index (χ3n) is 3.78. The predicted octanol–water partition coefficient (Wildman–Crippen LogP) is 2.11. The summed E-state index contributed by atoms with van der Waals surface area (Å²) in [6.07, 6.45) is 5.37. The van der Waals surface area contributed by atoms with Gasteiger partial charge in [0.15, 0.2) is 0 Å². The highest BCUT2D eigenvalue weighted by atomic mass is 32.2. The van der Waals surface area contributed by atoms with Crippen molar-refractivity contribution >= 4 is 17.7 Å². The summed E-state index contributed by atoms with van der Waals surface area (Å²) in [6, 6.07) is 3.76. The monoisotopic (exact) mass is 324 g/mol. The Bertz CT molecular complexity index is 564. The van der Waals surface area contributed by atoms with E-state index in [9.17, 15) is 9.90 Å². The van der Waals surface area contributed by atoms with Crippen molar-refractivity contribution in [2.24, 2.45) is 11.7 Å². The lowest BCUT2D eigenvalue weighted by Gasteiger charge is -2.42. The molecule has 1 aromatic rings. The Kier molecular flexibility index (Phi) is 4.48. The quantitative estimate of drug-likeness (QED) is 0.830. The summed E-state index contributed by atoms with van der Waals surface area (Å²) in [5, 5.41) is 12.8. The molecule has 0 fully saturated rings. The van der Waals surface area contributed by atoms with Crippen molar-refractivity contribution in [3.8, 4) is 0 Å². The van der Waals surface area contributed by atoms with Crippen LogP contribution in [0.4, 0.5) is 0 Å². The van der Waals surface area contributed by atoms with Crippen LogP contribution in [0.3, 0.4) is 0 Å². The Hall–Kier alpha value is -1.24. The van der Waals surface area contributed by atoms with Crippen LogP contribution in [0, 0.1) is 5.92 Å². The van der Waals surface area contributed by atoms with Crippen molar-refractivity contribution in [1.29, 1.82) is 0 Å². The van der Waals surface area contributed by atoms with Gasteiger partial charge in [0.25, 0.3) is 0 Å². The molecule has 0 amide bonds. The van der Waals surface area contributed by atoms with Gasteiger partial charge in [-0.15, -0.1) is 11.8 Å². The van der Waals surface area contributed by atoms with Crippen molar-refractivity contribution in [2.75, 3.05) is 0 Å². The van der Waals surface area contributed by atoms with Crippen LogP contribution in [0.5, 0.6) is 0 Å². The highest BCUT2D eigenvalue weighted by Crippen LogP contribution is 2.46. The number of hydrogen-bond donors (Lipinski definition) is 2. The van der Waals surface area contributed by atoms with Gasteiger partial charge in [0.2, 0.25) is 0 Å². The van der Waals surface area contributed by atoms with E-state index in [0.717, 1.165) is 0 Å². The lowest BCUT2D eigenvalue weighted by molar-refractivity contribution is -0.163. The molecule has 3 atom stereocenters. The van der Waals surface area contributed by atoms with Crippen LogP contribution in [0.2, 0.25) is 0 Å². The van der Waals surface area contributed by atoms with Gasteiger partial charge in [-0.25, -0.2) is 0 Å². The second-order valence-electron chi connectivity index (χ2n) is 6.75. The van der Waals surface area contributed by atoms with Gasteiger partial charge >= 0.3 is 5.97 Å². The molecule has 0 radical (unpaired) electrons. The summed E-state index contributed by atoms with van der Waals surface area (Å²) < 4.78 is 7.27. The fourth-order valence-corrected chi connectivity index (χ4v) is 3.62. The third kappa shape index (κ3) is 3.24. The smallest absolute Gasteiger partial charge is 0.312 e. The van der Waals surface area contributed by atoms with E-state index >= 15 is 0 Å². The van der Waals surface area contributed by atoms with E-state index in [1.807, 2.05) is 49.9 Å². The van der Waals surface area contributed by atoms with Gasteiger partial charge in [0, 0.05) is 12.4 Å². The number of hydrogen-bond acceptors (Lipinski definition) is 5. The zero-order valence-electron chi connectivity index (χ0n) is 13.4. The van der Waals surface area contributed by atoms with Crippen LogP contribution in [0.15, 0.2) is 36.0 Å². The molecule has 6 heteroatoms. The molecule has 2 heterocycles. The molecular weight excluding hydrogens is 300 g/mol. The van der Waals surface area contributed by atoms with Gasteiger partial charge in [0.1, 0.15) is 16.1 Å². The maximum Gasteiger partial charge on any atom is 0.312 e. The molecule has 3 unspecified atom stereocenters. The molecule has 2 rings (SSSR count). The fraction of sp³-hybridized carbons (Fsp3) is 0.562. The average Bonchev–Trinajstić information content (AvgIpc) is 2.97. The second-order valence-corrected chi connectivity index (χ2v) is 7.93.